The third-order valence-electron chi connectivity index (χ3n) is 5.74. The van der Waals surface area contributed by atoms with Gasteiger partial charge >= 0.3 is 5.97 Å². The van der Waals surface area contributed by atoms with Crippen molar-refractivity contribution in [1.29, 1.82) is 0 Å². The van der Waals surface area contributed by atoms with Crippen LogP contribution >= 0.6 is 0 Å². The number of hydrogen-bond acceptors (Lipinski definition) is 9. The summed E-state index contributed by atoms with van der Waals surface area (Å²) in [5, 5.41) is 4.89. The maximum Gasteiger partial charge on any atom is 0.340 e. The second kappa shape index (κ2) is 11.6. The molecule has 0 aliphatic heterocycles. The highest BCUT2D eigenvalue weighted by Crippen LogP contribution is 2.42. The molecule has 0 amide bonds. The molecule has 10 nitrogen and oxygen atoms in total. The first-order valence-electron chi connectivity index (χ1n) is 11.9. The number of rotatable bonds is 11. The van der Waals surface area contributed by atoms with Gasteiger partial charge in [0, 0.05) is 17.0 Å². The lowest BCUT2D eigenvalue weighted by Crippen LogP contribution is -2.15. The molecule has 194 valence electrons. The molecule has 2 aromatic carbocycles. The number of fused-ring (bicyclic) bond motifs is 1. The first kappa shape index (κ1) is 25.7. The Bertz CT molecular complexity index is 1390. The second-order valence-electron chi connectivity index (χ2n) is 8.06. The molecule has 0 radical (unpaired) electrons. The zero-order valence-electron chi connectivity index (χ0n) is 21.6. The SMILES string of the molecule is CCCOc1cc(-c2c(C(=O)OCC)c(Cn3cncn3)nc3cc(OC)c(OC)cc23)ccc1OC. The Hall–Kier alpha value is -4.34. The Kier molecular flexibility index (Phi) is 8.07. The molecular formula is C27H30N4O6. The maximum atomic E-state index is 13.5. The van der Waals surface area contributed by atoms with Gasteiger partial charge in [0.25, 0.3) is 0 Å². The number of carbonyl (C=O) groups is 1. The monoisotopic (exact) mass is 506 g/mol. The number of ether oxygens (including phenoxy) is 5. The molecule has 0 spiro atoms. The Labute approximate surface area is 215 Å². The van der Waals surface area contributed by atoms with Crippen LogP contribution in [0.2, 0.25) is 0 Å². The summed E-state index contributed by atoms with van der Waals surface area (Å²) in [5.74, 6) is 1.69. The predicted octanol–water partition coefficient (Wildman–Crippen LogP) is 4.53. The zero-order valence-corrected chi connectivity index (χ0v) is 21.6. The van der Waals surface area contributed by atoms with Gasteiger partial charge in [-0.15, -0.1) is 0 Å². The number of aromatic nitrogens is 4. The van der Waals surface area contributed by atoms with Gasteiger partial charge in [-0.2, -0.15) is 5.10 Å². The summed E-state index contributed by atoms with van der Waals surface area (Å²) in [6.45, 7) is 4.73. The van der Waals surface area contributed by atoms with Gasteiger partial charge in [-0.25, -0.2) is 19.4 Å². The summed E-state index contributed by atoms with van der Waals surface area (Å²) in [4.78, 5) is 22.3. The normalized spacial score (nSPS) is 10.8. The molecule has 2 aromatic heterocycles. The highest BCUT2D eigenvalue weighted by atomic mass is 16.5. The smallest absolute Gasteiger partial charge is 0.340 e. The number of hydrogen-bond donors (Lipinski definition) is 0. The van der Waals surface area contributed by atoms with E-state index in [2.05, 4.69) is 10.1 Å². The molecule has 0 bridgehead atoms. The lowest BCUT2D eigenvalue weighted by Gasteiger charge is -2.19. The van der Waals surface area contributed by atoms with Crippen LogP contribution in [0.25, 0.3) is 22.0 Å². The Morgan fingerprint density at radius 2 is 1.70 bits per heavy atom. The Morgan fingerprint density at radius 1 is 0.946 bits per heavy atom. The van der Waals surface area contributed by atoms with E-state index in [9.17, 15) is 4.79 Å². The van der Waals surface area contributed by atoms with E-state index in [-0.39, 0.29) is 13.2 Å². The van der Waals surface area contributed by atoms with Gasteiger partial charge in [0.1, 0.15) is 12.7 Å². The average molecular weight is 507 g/mol. The molecule has 0 saturated heterocycles. The molecule has 4 rings (SSSR count). The van der Waals surface area contributed by atoms with Crippen LogP contribution in [-0.2, 0) is 11.3 Å². The second-order valence-corrected chi connectivity index (χ2v) is 8.06. The lowest BCUT2D eigenvalue weighted by molar-refractivity contribution is 0.0525. The van der Waals surface area contributed by atoms with E-state index in [1.54, 1.807) is 45.3 Å². The van der Waals surface area contributed by atoms with Gasteiger partial charge in [0.15, 0.2) is 23.0 Å². The van der Waals surface area contributed by atoms with Crippen molar-refractivity contribution < 1.29 is 28.5 Å². The lowest BCUT2D eigenvalue weighted by atomic mass is 9.93. The van der Waals surface area contributed by atoms with Crippen molar-refractivity contribution in [2.75, 3.05) is 34.5 Å². The summed E-state index contributed by atoms with van der Waals surface area (Å²) < 4.78 is 29.7. The Morgan fingerprint density at radius 3 is 2.35 bits per heavy atom. The number of benzene rings is 2. The molecule has 0 unspecified atom stereocenters. The molecule has 0 N–H and O–H groups in total. The maximum absolute atomic E-state index is 13.5. The van der Waals surface area contributed by atoms with Crippen LogP contribution in [0.1, 0.15) is 36.3 Å². The number of carbonyl (C=O) groups excluding carboxylic acids is 1. The summed E-state index contributed by atoms with van der Waals surface area (Å²) in [6, 6.07) is 9.16. The van der Waals surface area contributed by atoms with Crippen LogP contribution in [0.5, 0.6) is 23.0 Å². The third-order valence-corrected chi connectivity index (χ3v) is 5.74. The number of methoxy groups -OCH3 is 3. The highest BCUT2D eigenvalue weighted by Gasteiger charge is 2.26. The quantitative estimate of drug-likeness (QED) is 0.271. The average Bonchev–Trinajstić information content (AvgIpc) is 3.43. The van der Waals surface area contributed by atoms with E-state index in [0.717, 1.165) is 12.0 Å². The van der Waals surface area contributed by atoms with Crippen molar-refractivity contribution in [3.05, 3.63) is 54.2 Å². The standard InChI is InChI=1S/C27H30N4O6/c1-6-10-37-24-11-17(8-9-21(24)33-3)25-18-12-22(34-4)23(35-5)13-19(18)30-20(14-31-16-28-15-29-31)26(25)27(32)36-7-2/h8-9,11-13,15-16H,6-7,10,14H2,1-5H3. The number of nitrogens with zero attached hydrogens (tertiary/aromatic N) is 4. The first-order chi connectivity index (χ1) is 18.0. The van der Waals surface area contributed by atoms with Gasteiger partial charge in [0.2, 0.25) is 0 Å². The summed E-state index contributed by atoms with van der Waals surface area (Å²) in [6.07, 6.45) is 3.83. The summed E-state index contributed by atoms with van der Waals surface area (Å²) >= 11 is 0. The van der Waals surface area contributed by atoms with Crippen molar-refractivity contribution in [3.63, 3.8) is 0 Å². The molecule has 37 heavy (non-hydrogen) atoms. The summed E-state index contributed by atoms with van der Waals surface area (Å²) in [7, 11) is 4.72. The van der Waals surface area contributed by atoms with Crippen LogP contribution < -0.4 is 18.9 Å². The minimum absolute atomic E-state index is 0.207. The van der Waals surface area contributed by atoms with Crippen molar-refractivity contribution >= 4 is 16.9 Å². The minimum atomic E-state index is -0.497. The van der Waals surface area contributed by atoms with Crippen molar-refractivity contribution in [2.45, 2.75) is 26.8 Å². The molecule has 2 heterocycles. The largest absolute Gasteiger partial charge is 0.493 e. The number of esters is 1. The third kappa shape index (κ3) is 5.28. The minimum Gasteiger partial charge on any atom is -0.493 e. The van der Waals surface area contributed by atoms with Crippen LogP contribution in [0.3, 0.4) is 0 Å². The Balaban J connectivity index is 2.08. The molecule has 4 aromatic rings. The molecule has 10 heteroatoms. The van der Waals surface area contributed by atoms with Gasteiger partial charge in [-0.1, -0.05) is 13.0 Å². The fourth-order valence-electron chi connectivity index (χ4n) is 4.10. The van der Waals surface area contributed by atoms with E-state index < -0.39 is 5.97 Å². The van der Waals surface area contributed by atoms with Crippen LogP contribution in [0.4, 0.5) is 0 Å². The molecule has 0 saturated carbocycles. The number of pyridine rings is 1. The van der Waals surface area contributed by atoms with Gasteiger partial charge in [-0.3, -0.25) is 0 Å². The molecule has 0 aliphatic carbocycles. The molecular weight excluding hydrogens is 476 g/mol. The van der Waals surface area contributed by atoms with E-state index in [1.807, 2.05) is 31.2 Å². The van der Waals surface area contributed by atoms with E-state index in [4.69, 9.17) is 28.7 Å². The van der Waals surface area contributed by atoms with Crippen LogP contribution in [-0.4, -0.2) is 60.3 Å². The van der Waals surface area contributed by atoms with Gasteiger partial charge in [-0.05, 0) is 37.1 Å². The first-order valence-corrected chi connectivity index (χ1v) is 11.9. The van der Waals surface area contributed by atoms with Gasteiger partial charge < -0.3 is 23.7 Å². The highest BCUT2D eigenvalue weighted by molar-refractivity contribution is 6.08. The van der Waals surface area contributed by atoms with E-state index >= 15 is 0 Å². The fourth-order valence-corrected chi connectivity index (χ4v) is 4.10. The molecule has 0 aliphatic rings. The summed E-state index contributed by atoms with van der Waals surface area (Å²) in [5.41, 5.74) is 2.77. The van der Waals surface area contributed by atoms with E-state index in [1.165, 1.54) is 6.33 Å². The zero-order chi connectivity index (χ0) is 26.4. The predicted molar refractivity (Wildman–Crippen MR) is 138 cm³/mol. The fraction of sp³-hybridized carbons (Fsp3) is 0.333. The van der Waals surface area contributed by atoms with Crippen molar-refractivity contribution in [1.82, 2.24) is 19.7 Å². The van der Waals surface area contributed by atoms with Crippen LogP contribution in [0, 0.1) is 0 Å². The molecule has 0 fully saturated rings. The van der Waals surface area contributed by atoms with Gasteiger partial charge in [0.05, 0.1) is 57.9 Å². The van der Waals surface area contributed by atoms with Crippen molar-refractivity contribution in [3.8, 4) is 34.1 Å². The van der Waals surface area contributed by atoms with E-state index in [0.29, 0.717) is 57.3 Å². The van der Waals surface area contributed by atoms with Crippen LogP contribution in [0.15, 0.2) is 43.0 Å². The van der Waals surface area contributed by atoms with Crippen molar-refractivity contribution in [2.24, 2.45) is 0 Å². The topological polar surface area (TPSA) is 107 Å². The molecule has 0 atom stereocenters.